The molecule has 0 radical (unpaired) electrons. The van der Waals surface area contributed by atoms with Gasteiger partial charge < -0.3 is 10.4 Å². The molecule has 0 unspecified atom stereocenters. The minimum Gasteiger partial charge on any atom is -0.477 e. The Labute approximate surface area is 198 Å². The number of carboxylic acid groups (broad SMARTS) is 1. The number of thioether (sulfide) groups is 2. The van der Waals surface area contributed by atoms with Gasteiger partial charge in [-0.25, -0.2) is 4.79 Å². The molecular weight excluding hydrogens is 494 g/mol. The van der Waals surface area contributed by atoms with Gasteiger partial charge in [-0.05, 0) is 19.4 Å². The van der Waals surface area contributed by atoms with Crippen molar-refractivity contribution in [2.24, 2.45) is 0 Å². The Morgan fingerprint density at radius 2 is 2.21 bits per heavy atom. The zero-order chi connectivity index (χ0) is 23.9. The Kier molecular flexibility index (Phi) is 6.40. The first-order valence-corrected chi connectivity index (χ1v) is 12.3. The van der Waals surface area contributed by atoms with Crippen molar-refractivity contribution in [3.8, 4) is 0 Å². The summed E-state index contributed by atoms with van der Waals surface area (Å²) in [6, 6.07) is -1.80. The number of carbonyl (C=O) groups is 3. The first-order valence-electron chi connectivity index (χ1n) is 9.49. The van der Waals surface area contributed by atoms with Crippen LogP contribution in [-0.4, -0.2) is 75.6 Å². The minimum absolute atomic E-state index is 0.0706. The highest BCUT2D eigenvalue weighted by molar-refractivity contribution is 8.01. The molecule has 174 valence electrons. The summed E-state index contributed by atoms with van der Waals surface area (Å²) in [4.78, 5) is 48.7. The van der Waals surface area contributed by atoms with E-state index in [1.54, 1.807) is 0 Å². The maximum atomic E-state index is 12.8. The summed E-state index contributed by atoms with van der Waals surface area (Å²) < 4.78 is 1.85. The second-order valence-corrected chi connectivity index (χ2v) is 10.6. The highest BCUT2D eigenvalue weighted by Crippen LogP contribution is 2.41. The number of nitro groups is 1. The van der Waals surface area contributed by atoms with Crippen molar-refractivity contribution < 1.29 is 24.4 Å². The third kappa shape index (κ3) is 4.45. The van der Waals surface area contributed by atoms with Gasteiger partial charge in [0.15, 0.2) is 4.34 Å². The number of nitrogens with zero attached hydrogens (tertiary/aromatic N) is 6. The van der Waals surface area contributed by atoms with Crippen molar-refractivity contribution in [1.82, 2.24) is 30.2 Å². The minimum atomic E-state index is -1.21. The van der Waals surface area contributed by atoms with E-state index in [4.69, 9.17) is 0 Å². The molecule has 0 aromatic carbocycles. The van der Waals surface area contributed by atoms with E-state index >= 15 is 0 Å². The third-order valence-corrected chi connectivity index (χ3v) is 8.40. The van der Waals surface area contributed by atoms with Crippen molar-refractivity contribution >= 4 is 58.3 Å². The van der Waals surface area contributed by atoms with Crippen LogP contribution in [0.4, 0.5) is 5.69 Å². The van der Waals surface area contributed by atoms with Crippen LogP contribution in [0.25, 0.3) is 0 Å². The fourth-order valence-corrected chi connectivity index (χ4v) is 6.61. The predicted octanol–water partition coefficient (Wildman–Crippen LogP) is 1.04. The van der Waals surface area contributed by atoms with Gasteiger partial charge in [0.05, 0.1) is 4.92 Å². The fraction of sp³-hybridized carbons (Fsp3) is 0.412. The number of carbonyl (C=O) groups excluding carboxylic acids is 2. The molecule has 2 aliphatic rings. The molecule has 0 aliphatic carbocycles. The van der Waals surface area contributed by atoms with Gasteiger partial charge in [-0.3, -0.25) is 29.3 Å². The Bertz CT molecular complexity index is 1180. The highest BCUT2D eigenvalue weighted by Gasteiger charge is 2.54. The zero-order valence-corrected chi connectivity index (χ0v) is 19.6. The van der Waals surface area contributed by atoms with Gasteiger partial charge in [-0.1, -0.05) is 23.1 Å². The van der Waals surface area contributed by atoms with E-state index in [-0.39, 0.29) is 11.4 Å². The molecule has 2 N–H and O–H groups in total. The maximum Gasteiger partial charge on any atom is 0.352 e. The van der Waals surface area contributed by atoms with Crippen LogP contribution in [0.2, 0.25) is 0 Å². The summed E-state index contributed by atoms with van der Waals surface area (Å²) in [5.41, 5.74) is 0.268. The Hall–Kier alpha value is -2.98. The molecule has 2 aromatic heterocycles. The average Bonchev–Trinajstić information content (AvgIpc) is 3.43. The molecular formula is C17H17N7O6S3. The monoisotopic (exact) mass is 511 g/mol. The first-order chi connectivity index (χ1) is 15.7. The number of nitrogens with one attached hydrogen (secondary N) is 1. The normalized spacial score (nSPS) is 20.8. The van der Waals surface area contributed by atoms with Gasteiger partial charge in [0, 0.05) is 11.5 Å². The van der Waals surface area contributed by atoms with E-state index in [1.165, 1.54) is 46.7 Å². The van der Waals surface area contributed by atoms with Crippen LogP contribution in [0.3, 0.4) is 0 Å². The number of β-lactam (4-membered cyclic amide) rings is 1. The van der Waals surface area contributed by atoms with Crippen LogP contribution in [0.1, 0.15) is 18.0 Å². The smallest absolute Gasteiger partial charge is 0.352 e. The van der Waals surface area contributed by atoms with Crippen LogP contribution in [0.15, 0.2) is 28.0 Å². The van der Waals surface area contributed by atoms with Gasteiger partial charge >= 0.3 is 11.7 Å². The van der Waals surface area contributed by atoms with Crippen molar-refractivity contribution in [2.75, 3.05) is 11.5 Å². The van der Waals surface area contributed by atoms with E-state index in [9.17, 15) is 29.6 Å². The van der Waals surface area contributed by atoms with Gasteiger partial charge in [-0.15, -0.1) is 22.0 Å². The SMILES string of the molecule is Cc1nnc(SCC2=C(C(=O)O)N3C(=O)[C@H](NC(=O)[C@H](C)n4cc([N+](=O)[O-])cn4)[C@H]3SC2)s1. The number of hydrogen-bond acceptors (Lipinski definition) is 11. The summed E-state index contributed by atoms with van der Waals surface area (Å²) in [7, 11) is 0. The van der Waals surface area contributed by atoms with Crippen LogP contribution in [0, 0.1) is 17.0 Å². The standard InChI is InChI=1S/C17H17N7O6S3/c1-7(22-4-10(3-18-22)24(29)30)13(25)19-11-14(26)23-12(16(27)28)9(5-31-15(11)23)6-32-17-21-20-8(2)33-17/h3-4,7,11,15H,5-6H2,1-2H3,(H,19,25)(H,27,28)/t7-,11-,15+/m0/s1. The molecule has 33 heavy (non-hydrogen) atoms. The van der Waals surface area contributed by atoms with E-state index in [0.717, 1.165) is 22.1 Å². The van der Waals surface area contributed by atoms with Gasteiger partial charge in [0.2, 0.25) is 5.91 Å². The molecule has 3 atom stereocenters. The second-order valence-electron chi connectivity index (χ2n) is 7.14. The molecule has 4 rings (SSSR count). The first kappa shape index (κ1) is 23.2. The largest absolute Gasteiger partial charge is 0.477 e. The van der Waals surface area contributed by atoms with Gasteiger partial charge in [0.1, 0.15) is 40.6 Å². The van der Waals surface area contributed by atoms with Crippen molar-refractivity contribution in [3.05, 3.63) is 38.8 Å². The quantitative estimate of drug-likeness (QED) is 0.224. The molecule has 4 heterocycles. The van der Waals surface area contributed by atoms with Gasteiger partial charge in [-0.2, -0.15) is 5.10 Å². The summed E-state index contributed by atoms with van der Waals surface area (Å²) in [5.74, 6) is -1.55. The van der Waals surface area contributed by atoms with Crippen LogP contribution in [-0.2, 0) is 14.4 Å². The Morgan fingerprint density at radius 3 is 2.82 bits per heavy atom. The number of amides is 2. The Balaban J connectivity index is 1.44. The van der Waals surface area contributed by atoms with E-state index in [0.29, 0.717) is 21.4 Å². The summed E-state index contributed by atoms with van der Waals surface area (Å²) in [6.07, 6.45) is 2.16. The molecule has 1 saturated heterocycles. The van der Waals surface area contributed by atoms with Crippen molar-refractivity contribution in [3.63, 3.8) is 0 Å². The fourth-order valence-electron chi connectivity index (χ4n) is 3.31. The molecule has 1 fully saturated rings. The number of rotatable bonds is 8. The zero-order valence-electron chi connectivity index (χ0n) is 17.2. The van der Waals surface area contributed by atoms with Gasteiger partial charge in [0.25, 0.3) is 5.91 Å². The molecule has 0 saturated carbocycles. The molecule has 0 bridgehead atoms. The summed E-state index contributed by atoms with van der Waals surface area (Å²) in [5, 5.41) is 35.2. The highest BCUT2D eigenvalue weighted by atomic mass is 32.2. The average molecular weight is 512 g/mol. The molecule has 2 aliphatic heterocycles. The maximum absolute atomic E-state index is 12.8. The number of aryl methyl sites for hydroxylation is 1. The van der Waals surface area contributed by atoms with E-state index in [2.05, 4.69) is 20.6 Å². The lowest BCUT2D eigenvalue weighted by Crippen LogP contribution is -2.71. The van der Waals surface area contributed by atoms with E-state index in [1.807, 2.05) is 6.92 Å². The van der Waals surface area contributed by atoms with Crippen LogP contribution >= 0.6 is 34.9 Å². The van der Waals surface area contributed by atoms with Crippen LogP contribution in [0.5, 0.6) is 0 Å². The van der Waals surface area contributed by atoms with E-state index < -0.39 is 40.2 Å². The van der Waals surface area contributed by atoms with Crippen molar-refractivity contribution in [2.45, 2.75) is 35.6 Å². The Morgan fingerprint density at radius 1 is 1.45 bits per heavy atom. The number of carboxylic acids is 1. The number of hydrogen-bond donors (Lipinski definition) is 2. The molecule has 2 aromatic rings. The number of aromatic nitrogens is 4. The predicted molar refractivity (Wildman–Crippen MR) is 119 cm³/mol. The third-order valence-electron chi connectivity index (χ3n) is 5.00. The second kappa shape index (κ2) is 9.11. The lowest BCUT2D eigenvalue weighted by Gasteiger charge is -2.49. The summed E-state index contributed by atoms with van der Waals surface area (Å²) in [6.45, 7) is 3.32. The summed E-state index contributed by atoms with van der Waals surface area (Å²) >= 11 is 4.13. The van der Waals surface area contributed by atoms with Crippen molar-refractivity contribution in [1.29, 1.82) is 0 Å². The lowest BCUT2D eigenvalue weighted by molar-refractivity contribution is -0.385. The number of aliphatic carboxylic acids is 1. The molecule has 16 heteroatoms. The molecule has 2 amide bonds. The number of fused-ring (bicyclic) bond motifs is 1. The van der Waals surface area contributed by atoms with Crippen LogP contribution < -0.4 is 5.32 Å². The molecule has 13 nitrogen and oxygen atoms in total. The molecule has 0 spiro atoms. The topological polar surface area (TPSA) is 173 Å². The lowest BCUT2D eigenvalue weighted by atomic mass is 10.0.